The van der Waals surface area contributed by atoms with Gasteiger partial charge in [-0.05, 0) is 29.8 Å². The summed E-state index contributed by atoms with van der Waals surface area (Å²) in [6.45, 7) is 0. The Morgan fingerprint density at radius 1 is 1.31 bits per heavy atom. The Balaban J connectivity index is 1.93. The predicted molar refractivity (Wildman–Crippen MR) is 107 cm³/mol. The van der Waals surface area contributed by atoms with Crippen LogP contribution in [-0.2, 0) is 4.79 Å². The highest BCUT2D eigenvalue weighted by Gasteiger charge is 2.33. The van der Waals surface area contributed by atoms with E-state index in [2.05, 4.69) is 0 Å². The van der Waals surface area contributed by atoms with Gasteiger partial charge in [-0.3, -0.25) is 19.8 Å². The summed E-state index contributed by atoms with van der Waals surface area (Å²) in [5.74, 6) is 0.181. The topological polar surface area (TPSA) is 72.7 Å². The van der Waals surface area contributed by atoms with Crippen LogP contribution in [0.25, 0.3) is 6.08 Å². The molecule has 6 nitrogen and oxygen atoms in total. The number of carbonyl (C=O) groups is 1. The van der Waals surface area contributed by atoms with Crippen molar-refractivity contribution in [3.05, 3.63) is 68.1 Å². The molecule has 132 valence electrons. The molecular formula is C17H11ClN2O4S2. The summed E-state index contributed by atoms with van der Waals surface area (Å²) in [5.41, 5.74) is 1.03. The second-order valence-corrected chi connectivity index (χ2v) is 7.27. The molecule has 0 aliphatic carbocycles. The van der Waals surface area contributed by atoms with Crippen LogP contribution in [0.1, 0.15) is 5.56 Å². The van der Waals surface area contributed by atoms with E-state index < -0.39 is 4.92 Å². The van der Waals surface area contributed by atoms with E-state index in [9.17, 15) is 14.9 Å². The monoisotopic (exact) mass is 406 g/mol. The van der Waals surface area contributed by atoms with E-state index in [0.717, 1.165) is 11.8 Å². The van der Waals surface area contributed by atoms with E-state index in [1.165, 1.54) is 24.1 Å². The number of ether oxygens (including phenoxy) is 1. The number of carbonyl (C=O) groups excluding carboxylic acids is 1. The van der Waals surface area contributed by atoms with Gasteiger partial charge in [0.25, 0.3) is 11.6 Å². The molecule has 1 aliphatic heterocycles. The third kappa shape index (κ3) is 3.57. The molecule has 1 fully saturated rings. The minimum Gasteiger partial charge on any atom is -0.495 e. The normalized spacial score (nSPS) is 15.6. The summed E-state index contributed by atoms with van der Waals surface area (Å²) < 4.78 is 5.46. The molecular weight excluding hydrogens is 396 g/mol. The number of non-ortho nitro benzene ring substituents is 1. The van der Waals surface area contributed by atoms with Crippen molar-refractivity contribution < 1.29 is 14.5 Å². The van der Waals surface area contributed by atoms with Crippen molar-refractivity contribution in [3.63, 3.8) is 0 Å². The lowest BCUT2D eigenvalue weighted by molar-refractivity contribution is -0.384. The Morgan fingerprint density at radius 3 is 2.73 bits per heavy atom. The van der Waals surface area contributed by atoms with Crippen LogP contribution in [0.2, 0.25) is 5.02 Å². The number of amides is 1. The van der Waals surface area contributed by atoms with Crippen LogP contribution in [0.5, 0.6) is 5.75 Å². The van der Waals surface area contributed by atoms with Crippen molar-refractivity contribution in [3.8, 4) is 5.75 Å². The maximum Gasteiger partial charge on any atom is 0.270 e. The van der Waals surface area contributed by atoms with Gasteiger partial charge in [-0.1, -0.05) is 47.7 Å². The molecule has 2 aromatic rings. The van der Waals surface area contributed by atoms with Crippen molar-refractivity contribution in [1.29, 1.82) is 0 Å². The first kappa shape index (κ1) is 18.4. The molecule has 0 radical (unpaired) electrons. The van der Waals surface area contributed by atoms with E-state index in [1.807, 2.05) is 0 Å². The molecule has 3 rings (SSSR count). The molecule has 0 saturated carbocycles. The van der Waals surface area contributed by atoms with Gasteiger partial charge in [0.1, 0.15) is 5.75 Å². The number of hydrogen-bond acceptors (Lipinski definition) is 6. The number of hydrogen-bond donors (Lipinski definition) is 0. The number of methoxy groups -OCH3 is 1. The van der Waals surface area contributed by atoms with E-state index >= 15 is 0 Å². The van der Waals surface area contributed by atoms with Crippen molar-refractivity contribution in [2.24, 2.45) is 0 Å². The lowest BCUT2D eigenvalue weighted by Crippen LogP contribution is -2.27. The Bertz CT molecular complexity index is 962. The molecule has 1 heterocycles. The van der Waals surface area contributed by atoms with Crippen molar-refractivity contribution >= 4 is 63.3 Å². The SMILES string of the molecule is COc1ccc(N2C(=O)C(=Cc3cccc([N+](=O)[O-])c3)SC2=S)cc1Cl. The zero-order chi connectivity index (χ0) is 18.8. The summed E-state index contributed by atoms with van der Waals surface area (Å²) in [5, 5.41) is 11.3. The number of nitrogens with zero attached hydrogens (tertiary/aromatic N) is 2. The van der Waals surface area contributed by atoms with Crippen LogP contribution in [0.15, 0.2) is 47.4 Å². The van der Waals surface area contributed by atoms with Crippen LogP contribution in [-0.4, -0.2) is 22.3 Å². The summed E-state index contributed by atoms with van der Waals surface area (Å²) in [4.78, 5) is 24.9. The average molecular weight is 407 g/mol. The third-order valence-corrected chi connectivity index (χ3v) is 5.16. The van der Waals surface area contributed by atoms with Crippen LogP contribution < -0.4 is 9.64 Å². The maximum absolute atomic E-state index is 12.7. The minimum absolute atomic E-state index is 0.0452. The number of rotatable bonds is 4. The molecule has 0 aromatic heterocycles. The summed E-state index contributed by atoms with van der Waals surface area (Å²) in [7, 11) is 1.50. The molecule has 0 bridgehead atoms. The quantitative estimate of drug-likeness (QED) is 0.318. The molecule has 1 saturated heterocycles. The van der Waals surface area contributed by atoms with Gasteiger partial charge in [-0.25, -0.2) is 0 Å². The predicted octanol–water partition coefficient (Wildman–Crippen LogP) is 4.66. The Hall–Kier alpha value is -2.42. The zero-order valence-corrected chi connectivity index (χ0v) is 15.7. The van der Waals surface area contributed by atoms with Crippen LogP contribution in [0.4, 0.5) is 11.4 Å². The van der Waals surface area contributed by atoms with Crippen molar-refractivity contribution in [2.45, 2.75) is 0 Å². The van der Waals surface area contributed by atoms with Gasteiger partial charge in [0.05, 0.1) is 27.6 Å². The highest BCUT2D eigenvalue weighted by atomic mass is 35.5. The van der Waals surface area contributed by atoms with E-state index in [1.54, 1.807) is 36.4 Å². The van der Waals surface area contributed by atoms with Gasteiger partial charge in [0.2, 0.25) is 0 Å². The van der Waals surface area contributed by atoms with Gasteiger partial charge >= 0.3 is 0 Å². The Kier molecular flexibility index (Phi) is 5.26. The fraction of sp³-hybridized carbons (Fsp3) is 0.0588. The molecule has 0 spiro atoms. The zero-order valence-electron chi connectivity index (χ0n) is 13.3. The molecule has 9 heteroatoms. The molecule has 2 aromatic carbocycles. The second-order valence-electron chi connectivity index (χ2n) is 5.19. The van der Waals surface area contributed by atoms with Crippen molar-refractivity contribution in [2.75, 3.05) is 12.0 Å². The first-order valence-electron chi connectivity index (χ1n) is 7.26. The van der Waals surface area contributed by atoms with Gasteiger partial charge < -0.3 is 4.74 Å². The van der Waals surface area contributed by atoms with Gasteiger partial charge in [-0.15, -0.1) is 0 Å². The average Bonchev–Trinajstić information content (AvgIpc) is 2.88. The lowest BCUT2D eigenvalue weighted by atomic mass is 10.2. The molecule has 0 N–H and O–H groups in total. The fourth-order valence-corrected chi connectivity index (χ4v) is 3.92. The number of nitro groups is 1. The highest BCUT2D eigenvalue weighted by Crippen LogP contribution is 2.38. The fourth-order valence-electron chi connectivity index (χ4n) is 2.36. The number of benzene rings is 2. The van der Waals surface area contributed by atoms with Crippen LogP contribution >= 0.6 is 35.6 Å². The van der Waals surface area contributed by atoms with Gasteiger partial charge in [0, 0.05) is 12.1 Å². The highest BCUT2D eigenvalue weighted by molar-refractivity contribution is 8.27. The molecule has 0 atom stereocenters. The molecule has 0 unspecified atom stereocenters. The van der Waals surface area contributed by atoms with Gasteiger partial charge in [0.15, 0.2) is 4.32 Å². The minimum atomic E-state index is -0.484. The number of halogens is 1. The standard InChI is InChI=1S/C17H11ClN2O4S2/c1-24-14-6-5-11(9-13(14)18)19-16(21)15(26-17(19)25)8-10-3-2-4-12(7-10)20(22)23/h2-9H,1H3. The molecule has 1 amide bonds. The first-order valence-corrected chi connectivity index (χ1v) is 8.87. The lowest BCUT2D eigenvalue weighted by Gasteiger charge is -2.15. The number of nitro benzene ring substituents is 1. The van der Waals surface area contributed by atoms with E-state index in [4.69, 9.17) is 28.6 Å². The molecule has 1 aliphatic rings. The number of thioether (sulfide) groups is 1. The van der Waals surface area contributed by atoms with Crippen molar-refractivity contribution in [1.82, 2.24) is 0 Å². The van der Waals surface area contributed by atoms with Gasteiger partial charge in [-0.2, -0.15) is 0 Å². The summed E-state index contributed by atoms with van der Waals surface area (Å²) in [6, 6.07) is 11.0. The largest absolute Gasteiger partial charge is 0.495 e. The summed E-state index contributed by atoms with van der Waals surface area (Å²) in [6.07, 6.45) is 1.58. The first-order chi connectivity index (χ1) is 12.4. The smallest absolute Gasteiger partial charge is 0.270 e. The third-order valence-electron chi connectivity index (χ3n) is 3.57. The Labute approximate surface area is 163 Å². The molecule has 26 heavy (non-hydrogen) atoms. The number of thiocarbonyl (C=S) groups is 1. The van der Waals surface area contributed by atoms with Crippen LogP contribution in [0, 0.1) is 10.1 Å². The number of anilines is 1. The second kappa shape index (κ2) is 7.45. The van der Waals surface area contributed by atoms with E-state index in [-0.39, 0.29) is 11.6 Å². The summed E-state index contributed by atoms with van der Waals surface area (Å²) >= 11 is 12.6. The Morgan fingerprint density at radius 2 is 2.08 bits per heavy atom. The van der Waals surface area contributed by atoms with Crippen LogP contribution in [0.3, 0.4) is 0 Å². The van der Waals surface area contributed by atoms with E-state index in [0.29, 0.717) is 31.2 Å². The maximum atomic E-state index is 12.7.